The van der Waals surface area contributed by atoms with Gasteiger partial charge in [0.1, 0.15) is 0 Å². The van der Waals surface area contributed by atoms with E-state index in [1.54, 1.807) is 0 Å². The number of allylic oxidation sites excluding steroid dienone is 3. The lowest BCUT2D eigenvalue weighted by Gasteiger charge is -2.28. The Kier molecular flexibility index (Phi) is 5.53. The number of para-hydroxylation sites is 1. The standard InChI is InChI=1S/C40H28N2S/c1-2-11-28(12-3-1)41(31-23-25-35-34-15-7-9-17-38(34)43-39(35)26-31)29-19-21-30(22-20-29)42-37-16-8-6-14-33(37)36-24-18-27-10-4-5-13-32(27)40(36)42/h2,4-26H,1,3H2. The summed E-state index contributed by atoms with van der Waals surface area (Å²) in [6, 6.07) is 46.7. The van der Waals surface area contributed by atoms with E-state index < -0.39 is 0 Å². The van der Waals surface area contributed by atoms with Crippen molar-refractivity contribution in [3.8, 4) is 5.69 Å². The lowest BCUT2D eigenvalue weighted by molar-refractivity contribution is 0.997. The van der Waals surface area contributed by atoms with Crippen LogP contribution < -0.4 is 4.90 Å². The summed E-state index contributed by atoms with van der Waals surface area (Å²) in [6.45, 7) is 0. The maximum atomic E-state index is 2.43. The normalized spacial score (nSPS) is 13.4. The third kappa shape index (κ3) is 3.86. The number of hydrogen-bond acceptors (Lipinski definition) is 2. The molecule has 43 heavy (non-hydrogen) atoms. The number of fused-ring (bicyclic) bond motifs is 8. The second-order valence-electron chi connectivity index (χ2n) is 11.3. The van der Waals surface area contributed by atoms with Gasteiger partial charge in [0.25, 0.3) is 0 Å². The van der Waals surface area contributed by atoms with E-state index in [1.807, 2.05) is 11.3 Å². The average Bonchev–Trinajstić information content (AvgIpc) is 3.61. The highest BCUT2D eigenvalue weighted by Gasteiger charge is 2.18. The molecule has 0 saturated heterocycles. The van der Waals surface area contributed by atoms with Crippen molar-refractivity contribution in [2.75, 3.05) is 4.90 Å². The fraction of sp³-hybridized carbons (Fsp3) is 0.0500. The monoisotopic (exact) mass is 568 g/mol. The predicted molar refractivity (Wildman–Crippen MR) is 186 cm³/mol. The maximum Gasteiger partial charge on any atom is 0.0619 e. The summed E-state index contributed by atoms with van der Waals surface area (Å²) in [5.41, 5.74) is 7.23. The van der Waals surface area contributed by atoms with Crippen molar-refractivity contribution in [1.29, 1.82) is 0 Å². The second kappa shape index (κ2) is 9.72. The van der Waals surface area contributed by atoms with Gasteiger partial charge >= 0.3 is 0 Å². The molecule has 0 amide bonds. The molecule has 3 heteroatoms. The molecular formula is C40H28N2S. The highest BCUT2D eigenvalue weighted by Crippen LogP contribution is 2.41. The number of nitrogens with zero attached hydrogens (tertiary/aromatic N) is 2. The third-order valence-electron chi connectivity index (χ3n) is 8.78. The SMILES string of the molecule is C1=CC(N(c2ccc(-n3c4ccccc4c4ccc5ccccc5c43)cc2)c2ccc3c(c2)sc2ccccc23)=CCC1. The first-order valence-corrected chi connectivity index (χ1v) is 15.7. The molecule has 204 valence electrons. The molecule has 8 aromatic rings. The summed E-state index contributed by atoms with van der Waals surface area (Å²) in [7, 11) is 0. The predicted octanol–water partition coefficient (Wildman–Crippen LogP) is 11.7. The van der Waals surface area contributed by atoms with Crippen LogP contribution in [0.5, 0.6) is 0 Å². The molecule has 0 spiro atoms. The van der Waals surface area contributed by atoms with Crippen molar-refractivity contribution in [3.63, 3.8) is 0 Å². The smallest absolute Gasteiger partial charge is 0.0619 e. The summed E-state index contributed by atoms with van der Waals surface area (Å²) in [6.07, 6.45) is 9.07. The van der Waals surface area contributed by atoms with E-state index >= 15 is 0 Å². The first kappa shape index (κ1) is 24.5. The van der Waals surface area contributed by atoms with E-state index in [4.69, 9.17) is 0 Å². The molecule has 0 atom stereocenters. The zero-order chi connectivity index (χ0) is 28.3. The first-order chi connectivity index (χ1) is 21.3. The van der Waals surface area contributed by atoms with Gasteiger partial charge in [-0.3, -0.25) is 0 Å². The highest BCUT2D eigenvalue weighted by atomic mass is 32.1. The minimum Gasteiger partial charge on any atom is -0.311 e. The van der Waals surface area contributed by atoms with Crippen molar-refractivity contribution < 1.29 is 0 Å². The lowest BCUT2D eigenvalue weighted by atomic mass is 10.1. The van der Waals surface area contributed by atoms with E-state index in [-0.39, 0.29) is 0 Å². The number of benzene rings is 6. The second-order valence-corrected chi connectivity index (χ2v) is 12.4. The van der Waals surface area contributed by atoms with E-state index in [0.29, 0.717) is 0 Å². The molecule has 0 N–H and O–H groups in total. The largest absolute Gasteiger partial charge is 0.311 e. The van der Waals surface area contributed by atoms with Crippen molar-refractivity contribution in [2.24, 2.45) is 0 Å². The number of anilines is 2. The topological polar surface area (TPSA) is 8.17 Å². The van der Waals surface area contributed by atoms with Crippen molar-refractivity contribution in [3.05, 3.63) is 151 Å². The fourth-order valence-corrected chi connectivity index (χ4v) is 7.95. The van der Waals surface area contributed by atoms with Gasteiger partial charge < -0.3 is 9.47 Å². The minimum atomic E-state index is 1.06. The Morgan fingerprint density at radius 3 is 2.14 bits per heavy atom. The van der Waals surface area contributed by atoms with E-state index in [0.717, 1.165) is 18.5 Å². The zero-order valence-corrected chi connectivity index (χ0v) is 24.4. The van der Waals surface area contributed by atoms with Gasteiger partial charge in [-0.25, -0.2) is 0 Å². The molecule has 6 aromatic carbocycles. The molecule has 1 aliphatic carbocycles. The van der Waals surface area contributed by atoms with Gasteiger partial charge in [-0.15, -0.1) is 11.3 Å². The molecule has 2 aromatic heterocycles. The van der Waals surface area contributed by atoms with Crippen LogP contribution in [0.25, 0.3) is 58.4 Å². The molecule has 1 aliphatic rings. The number of hydrogen-bond donors (Lipinski definition) is 0. The Morgan fingerprint density at radius 2 is 1.28 bits per heavy atom. The Hall–Kier alpha value is -5.12. The molecule has 0 saturated carbocycles. The Labute approximate surface area is 254 Å². The van der Waals surface area contributed by atoms with Crippen LogP contribution in [0, 0.1) is 0 Å². The van der Waals surface area contributed by atoms with Crippen LogP contribution >= 0.6 is 11.3 Å². The Morgan fingerprint density at radius 1 is 0.558 bits per heavy atom. The molecular weight excluding hydrogens is 541 g/mol. The third-order valence-corrected chi connectivity index (χ3v) is 9.91. The first-order valence-electron chi connectivity index (χ1n) is 14.9. The molecule has 2 nitrogen and oxygen atoms in total. The van der Waals surface area contributed by atoms with E-state index in [1.165, 1.54) is 69.8 Å². The van der Waals surface area contributed by atoms with Gasteiger partial charge in [-0.2, -0.15) is 0 Å². The zero-order valence-electron chi connectivity index (χ0n) is 23.6. The summed E-state index contributed by atoms with van der Waals surface area (Å²) < 4.78 is 5.09. The van der Waals surface area contributed by atoms with Crippen LogP contribution in [-0.2, 0) is 0 Å². The van der Waals surface area contributed by atoms with Gasteiger partial charge in [0.05, 0.1) is 11.0 Å². The molecule has 9 rings (SSSR count). The van der Waals surface area contributed by atoms with Crippen LogP contribution in [-0.4, -0.2) is 4.57 Å². The summed E-state index contributed by atoms with van der Waals surface area (Å²) in [5, 5.41) is 7.76. The molecule has 0 bridgehead atoms. The van der Waals surface area contributed by atoms with Crippen LogP contribution in [0.15, 0.2) is 151 Å². The lowest BCUT2D eigenvalue weighted by Crippen LogP contribution is -2.16. The van der Waals surface area contributed by atoms with Gasteiger partial charge in [0, 0.05) is 59.1 Å². The van der Waals surface area contributed by atoms with Crippen LogP contribution in [0.3, 0.4) is 0 Å². The molecule has 0 fully saturated rings. The number of rotatable bonds is 4. The minimum absolute atomic E-state index is 1.06. The molecule has 2 heterocycles. The molecule has 0 radical (unpaired) electrons. The van der Waals surface area contributed by atoms with Gasteiger partial charge in [0.15, 0.2) is 0 Å². The maximum absolute atomic E-state index is 2.43. The van der Waals surface area contributed by atoms with Crippen LogP contribution in [0.2, 0.25) is 0 Å². The summed E-state index contributed by atoms with van der Waals surface area (Å²) in [5.74, 6) is 0. The molecule has 0 aliphatic heterocycles. The highest BCUT2D eigenvalue weighted by molar-refractivity contribution is 7.25. The van der Waals surface area contributed by atoms with Crippen LogP contribution in [0.1, 0.15) is 12.8 Å². The number of thiophene rings is 1. The van der Waals surface area contributed by atoms with Crippen LogP contribution in [0.4, 0.5) is 11.4 Å². The van der Waals surface area contributed by atoms with Gasteiger partial charge in [0.2, 0.25) is 0 Å². The summed E-state index contributed by atoms with van der Waals surface area (Å²) >= 11 is 1.87. The summed E-state index contributed by atoms with van der Waals surface area (Å²) in [4.78, 5) is 2.41. The van der Waals surface area contributed by atoms with Crippen molar-refractivity contribution >= 4 is 75.5 Å². The van der Waals surface area contributed by atoms with Crippen molar-refractivity contribution in [2.45, 2.75) is 12.8 Å². The molecule has 0 unspecified atom stereocenters. The van der Waals surface area contributed by atoms with E-state index in [2.05, 4.69) is 155 Å². The van der Waals surface area contributed by atoms with Crippen molar-refractivity contribution in [1.82, 2.24) is 4.57 Å². The van der Waals surface area contributed by atoms with Gasteiger partial charge in [-0.05, 0) is 72.8 Å². The van der Waals surface area contributed by atoms with E-state index in [9.17, 15) is 0 Å². The quantitative estimate of drug-likeness (QED) is 0.205. The Bertz CT molecular complexity index is 2400. The number of aromatic nitrogens is 1. The fourth-order valence-electron chi connectivity index (χ4n) is 6.82. The van der Waals surface area contributed by atoms with Gasteiger partial charge in [-0.1, -0.05) is 91.0 Å². The Balaban J connectivity index is 1.22. The average molecular weight is 569 g/mol.